The molecule has 5 rings (SSSR count). The van der Waals surface area contributed by atoms with Gasteiger partial charge in [0.05, 0.1) is 14.2 Å². The summed E-state index contributed by atoms with van der Waals surface area (Å²) in [4.78, 5) is 32.1. The zero-order valence-corrected chi connectivity index (χ0v) is 22.3. The standard InChI is InChI=1S/C30H30F3N3O4/c1-39-24-16-25(40-2)28(33)26(27(24)32)30(38)36-12-10-34-9-11-35(17-23(34)18-36)29(37)21-7-3-5-19(14-21)13-20-6-4-8-22(31)15-20/h3-8,14-16,23H,9-13,17-18H2,1-2H3. The summed E-state index contributed by atoms with van der Waals surface area (Å²) in [5, 5.41) is 0. The van der Waals surface area contributed by atoms with Crippen LogP contribution >= 0.6 is 0 Å². The molecule has 3 aromatic carbocycles. The first-order chi connectivity index (χ1) is 19.3. The number of ether oxygens (including phenoxy) is 2. The van der Waals surface area contributed by atoms with E-state index in [1.54, 1.807) is 17.0 Å². The van der Waals surface area contributed by atoms with Crippen molar-refractivity contribution in [1.82, 2.24) is 14.7 Å². The Morgan fingerprint density at radius 3 is 1.95 bits per heavy atom. The molecule has 2 aliphatic rings. The van der Waals surface area contributed by atoms with Gasteiger partial charge >= 0.3 is 0 Å². The molecule has 40 heavy (non-hydrogen) atoms. The predicted octanol–water partition coefficient (Wildman–Crippen LogP) is 3.99. The SMILES string of the molecule is COc1cc(OC)c(F)c(C(=O)N2CCN3CCN(C(=O)c4cccc(Cc5cccc(F)c5)c4)CC3C2)c1F. The summed E-state index contributed by atoms with van der Waals surface area (Å²) >= 11 is 0. The van der Waals surface area contributed by atoms with Gasteiger partial charge in [-0.2, -0.15) is 0 Å². The molecule has 0 N–H and O–H groups in total. The summed E-state index contributed by atoms with van der Waals surface area (Å²) in [5.41, 5.74) is 1.51. The highest BCUT2D eigenvalue weighted by atomic mass is 19.1. The van der Waals surface area contributed by atoms with Crippen molar-refractivity contribution in [3.8, 4) is 11.5 Å². The molecular formula is C30H30F3N3O4. The molecule has 0 radical (unpaired) electrons. The predicted molar refractivity (Wildman–Crippen MR) is 142 cm³/mol. The Bertz CT molecular complexity index is 1410. The molecule has 0 bridgehead atoms. The van der Waals surface area contributed by atoms with Gasteiger partial charge in [-0.25, -0.2) is 13.2 Å². The number of hydrogen-bond acceptors (Lipinski definition) is 5. The Morgan fingerprint density at radius 1 is 0.775 bits per heavy atom. The highest BCUT2D eigenvalue weighted by Gasteiger charge is 2.38. The van der Waals surface area contributed by atoms with E-state index in [-0.39, 0.29) is 35.8 Å². The molecule has 2 fully saturated rings. The molecule has 0 spiro atoms. The van der Waals surface area contributed by atoms with E-state index in [2.05, 4.69) is 4.90 Å². The highest BCUT2D eigenvalue weighted by molar-refractivity contribution is 5.96. The minimum atomic E-state index is -1.08. The van der Waals surface area contributed by atoms with Gasteiger partial charge in [0, 0.05) is 56.9 Å². The molecule has 1 atom stereocenters. The van der Waals surface area contributed by atoms with Crippen LogP contribution < -0.4 is 9.47 Å². The second-order valence-corrected chi connectivity index (χ2v) is 9.98. The third kappa shape index (κ3) is 5.49. The molecule has 3 aromatic rings. The number of methoxy groups -OCH3 is 2. The van der Waals surface area contributed by atoms with Crippen molar-refractivity contribution in [3.63, 3.8) is 0 Å². The number of amides is 2. The molecule has 210 valence electrons. The molecule has 0 aromatic heterocycles. The van der Waals surface area contributed by atoms with Crippen LogP contribution in [0.15, 0.2) is 54.6 Å². The maximum absolute atomic E-state index is 15.0. The van der Waals surface area contributed by atoms with E-state index in [0.29, 0.717) is 44.7 Å². The van der Waals surface area contributed by atoms with Gasteiger partial charge in [0.1, 0.15) is 11.4 Å². The molecule has 2 amide bonds. The van der Waals surface area contributed by atoms with Crippen LogP contribution in [0.4, 0.5) is 13.2 Å². The number of halogens is 3. The molecule has 0 saturated carbocycles. The van der Waals surface area contributed by atoms with Crippen LogP contribution in [-0.2, 0) is 6.42 Å². The first-order valence-electron chi connectivity index (χ1n) is 13.0. The minimum Gasteiger partial charge on any atom is -0.494 e. The van der Waals surface area contributed by atoms with E-state index < -0.39 is 23.1 Å². The second-order valence-electron chi connectivity index (χ2n) is 9.98. The maximum atomic E-state index is 15.0. The van der Waals surface area contributed by atoms with Crippen LogP contribution in [0.2, 0.25) is 0 Å². The molecule has 0 aliphatic carbocycles. The zero-order chi connectivity index (χ0) is 28.4. The molecule has 1 unspecified atom stereocenters. The van der Waals surface area contributed by atoms with Gasteiger partial charge in [0.25, 0.3) is 11.8 Å². The fourth-order valence-corrected chi connectivity index (χ4v) is 5.44. The van der Waals surface area contributed by atoms with E-state index in [1.165, 1.54) is 31.3 Å². The lowest BCUT2D eigenvalue weighted by Crippen LogP contribution is -2.63. The number of fused-ring (bicyclic) bond motifs is 1. The van der Waals surface area contributed by atoms with Gasteiger partial charge < -0.3 is 19.3 Å². The number of rotatable bonds is 6. The number of benzene rings is 3. The quantitative estimate of drug-likeness (QED) is 0.462. The van der Waals surface area contributed by atoms with Crippen molar-refractivity contribution < 1.29 is 32.2 Å². The van der Waals surface area contributed by atoms with Crippen LogP contribution in [0.1, 0.15) is 31.8 Å². The van der Waals surface area contributed by atoms with Gasteiger partial charge in [-0.15, -0.1) is 0 Å². The Morgan fingerprint density at radius 2 is 1.35 bits per heavy atom. The van der Waals surface area contributed by atoms with Crippen LogP contribution in [0.3, 0.4) is 0 Å². The number of carbonyl (C=O) groups excluding carboxylic acids is 2. The third-order valence-corrected chi connectivity index (χ3v) is 7.53. The summed E-state index contributed by atoms with van der Waals surface area (Å²) in [6.07, 6.45) is 0.495. The summed E-state index contributed by atoms with van der Waals surface area (Å²) in [7, 11) is 2.46. The number of hydrogen-bond donors (Lipinski definition) is 0. The number of nitrogens with zero attached hydrogens (tertiary/aromatic N) is 3. The topological polar surface area (TPSA) is 62.3 Å². The fourth-order valence-electron chi connectivity index (χ4n) is 5.44. The average molecular weight is 554 g/mol. The monoisotopic (exact) mass is 553 g/mol. The van der Waals surface area contributed by atoms with Crippen molar-refractivity contribution in [1.29, 1.82) is 0 Å². The summed E-state index contributed by atoms with van der Waals surface area (Å²) in [6, 6.07) is 14.5. The number of carbonyl (C=O) groups is 2. The van der Waals surface area contributed by atoms with E-state index in [9.17, 15) is 22.8 Å². The van der Waals surface area contributed by atoms with E-state index >= 15 is 0 Å². The van der Waals surface area contributed by atoms with Crippen molar-refractivity contribution >= 4 is 11.8 Å². The van der Waals surface area contributed by atoms with Crippen LogP contribution in [0, 0.1) is 17.5 Å². The molecular weight excluding hydrogens is 523 g/mol. The fraction of sp³-hybridized carbons (Fsp3) is 0.333. The molecule has 2 heterocycles. The lowest BCUT2D eigenvalue weighted by molar-refractivity contribution is 0.0127. The smallest absolute Gasteiger partial charge is 0.260 e. The van der Waals surface area contributed by atoms with Crippen molar-refractivity contribution in [2.45, 2.75) is 12.5 Å². The van der Waals surface area contributed by atoms with Gasteiger partial charge in [0.15, 0.2) is 23.1 Å². The van der Waals surface area contributed by atoms with Crippen molar-refractivity contribution in [3.05, 3.63) is 94.3 Å². The molecule has 2 saturated heterocycles. The minimum absolute atomic E-state index is 0.140. The van der Waals surface area contributed by atoms with Crippen LogP contribution in [0.5, 0.6) is 11.5 Å². The summed E-state index contributed by atoms with van der Waals surface area (Å²) in [6.45, 7) is 2.53. The first-order valence-corrected chi connectivity index (χ1v) is 13.0. The van der Waals surface area contributed by atoms with Crippen LogP contribution in [0.25, 0.3) is 0 Å². The zero-order valence-electron chi connectivity index (χ0n) is 22.3. The Balaban J connectivity index is 1.29. The van der Waals surface area contributed by atoms with Gasteiger partial charge in [-0.1, -0.05) is 24.3 Å². The average Bonchev–Trinajstić information content (AvgIpc) is 2.96. The third-order valence-electron chi connectivity index (χ3n) is 7.53. The summed E-state index contributed by atoms with van der Waals surface area (Å²) < 4.78 is 53.5. The van der Waals surface area contributed by atoms with Gasteiger partial charge in [-0.05, 0) is 41.8 Å². The largest absolute Gasteiger partial charge is 0.494 e. The highest BCUT2D eigenvalue weighted by Crippen LogP contribution is 2.32. The van der Waals surface area contributed by atoms with E-state index in [4.69, 9.17) is 9.47 Å². The molecule has 2 aliphatic heterocycles. The van der Waals surface area contributed by atoms with E-state index in [0.717, 1.165) is 17.2 Å². The first kappa shape index (κ1) is 27.5. The van der Waals surface area contributed by atoms with Gasteiger partial charge in [0.2, 0.25) is 0 Å². The van der Waals surface area contributed by atoms with Crippen molar-refractivity contribution in [2.75, 3.05) is 53.5 Å². The van der Waals surface area contributed by atoms with Gasteiger partial charge in [-0.3, -0.25) is 14.5 Å². The summed E-state index contributed by atoms with van der Waals surface area (Å²) in [5.74, 6) is -3.96. The lowest BCUT2D eigenvalue weighted by atomic mass is 10.0. The molecule has 10 heteroatoms. The van der Waals surface area contributed by atoms with E-state index in [1.807, 2.05) is 24.3 Å². The maximum Gasteiger partial charge on any atom is 0.260 e. The molecule has 7 nitrogen and oxygen atoms in total. The number of piperazine rings is 2. The van der Waals surface area contributed by atoms with Crippen molar-refractivity contribution in [2.24, 2.45) is 0 Å². The lowest BCUT2D eigenvalue weighted by Gasteiger charge is -2.47. The second kappa shape index (κ2) is 11.6. The Labute approximate surface area is 230 Å². The normalized spacial score (nSPS) is 17.4. The Hall–Kier alpha value is -4.05. The van der Waals surface area contributed by atoms with Crippen LogP contribution in [-0.4, -0.2) is 86.0 Å². The Kier molecular flexibility index (Phi) is 7.97.